The maximum Gasteiger partial charge on any atom is 0.0621 e. The molecule has 0 aliphatic rings. The van der Waals surface area contributed by atoms with E-state index in [0.29, 0.717) is 5.02 Å². The van der Waals surface area contributed by atoms with Crippen LogP contribution in [0.3, 0.4) is 0 Å². The molecule has 0 fully saturated rings. The Morgan fingerprint density at radius 1 is 1.17 bits per heavy atom. The minimum absolute atomic E-state index is 0.130. The lowest BCUT2D eigenvalue weighted by molar-refractivity contribution is 0.610. The Morgan fingerprint density at radius 3 is 2.67 bits per heavy atom. The Bertz CT molecular complexity index is 485. The van der Waals surface area contributed by atoms with E-state index in [1.54, 1.807) is 12.4 Å². The summed E-state index contributed by atoms with van der Waals surface area (Å²) in [6, 6.07) is 12.5. The van der Waals surface area contributed by atoms with E-state index in [-0.39, 0.29) is 6.04 Å². The van der Waals surface area contributed by atoms with Crippen molar-refractivity contribution in [2.75, 3.05) is 0 Å². The average molecular weight is 261 g/mol. The molecule has 18 heavy (non-hydrogen) atoms. The molecule has 0 spiro atoms. The monoisotopic (exact) mass is 260 g/mol. The Balaban J connectivity index is 1.86. The molecule has 1 unspecified atom stereocenters. The van der Waals surface area contributed by atoms with Crippen molar-refractivity contribution in [1.29, 1.82) is 0 Å². The maximum absolute atomic E-state index is 6.14. The summed E-state index contributed by atoms with van der Waals surface area (Å²) in [5.74, 6) is 0. The molecule has 1 atom stereocenters. The molecule has 2 rings (SSSR count). The van der Waals surface area contributed by atoms with Gasteiger partial charge in [0.1, 0.15) is 0 Å². The van der Waals surface area contributed by atoms with E-state index < -0.39 is 0 Å². The Labute approximate surface area is 113 Å². The highest BCUT2D eigenvalue weighted by atomic mass is 35.5. The van der Waals surface area contributed by atoms with Crippen LogP contribution in [0.4, 0.5) is 0 Å². The quantitative estimate of drug-likeness (QED) is 0.896. The number of rotatable bonds is 5. The van der Waals surface area contributed by atoms with E-state index in [1.165, 1.54) is 5.56 Å². The molecule has 0 amide bonds. The third kappa shape index (κ3) is 3.83. The fourth-order valence-corrected chi connectivity index (χ4v) is 2.15. The third-order valence-corrected chi connectivity index (χ3v) is 3.33. The van der Waals surface area contributed by atoms with Crippen LogP contribution in [-0.2, 0) is 12.8 Å². The lowest BCUT2D eigenvalue weighted by Crippen LogP contribution is -2.23. The molecule has 0 bridgehead atoms. The zero-order chi connectivity index (χ0) is 12.8. The van der Waals surface area contributed by atoms with Crippen molar-refractivity contribution in [3.8, 4) is 0 Å². The van der Waals surface area contributed by atoms with Crippen LogP contribution < -0.4 is 5.73 Å². The van der Waals surface area contributed by atoms with E-state index in [1.807, 2.05) is 12.1 Å². The number of halogens is 1. The summed E-state index contributed by atoms with van der Waals surface area (Å²) in [5, 5.41) is 0.702. The fraction of sp³-hybridized carbons (Fsp3) is 0.267. The molecular formula is C15H17ClN2. The van der Waals surface area contributed by atoms with Gasteiger partial charge in [-0.3, -0.25) is 4.98 Å². The van der Waals surface area contributed by atoms with Crippen molar-refractivity contribution in [1.82, 2.24) is 4.98 Å². The molecule has 0 saturated carbocycles. The average Bonchev–Trinajstić information content (AvgIpc) is 2.40. The molecule has 1 aromatic heterocycles. The summed E-state index contributed by atoms with van der Waals surface area (Å²) >= 11 is 6.07. The van der Waals surface area contributed by atoms with Gasteiger partial charge in [0, 0.05) is 18.4 Å². The molecule has 0 aliphatic heterocycles. The normalized spacial score (nSPS) is 12.3. The minimum Gasteiger partial charge on any atom is -0.327 e. The van der Waals surface area contributed by atoms with Crippen LogP contribution in [0, 0.1) is 0 Å². The van der Waals surface area contributed by atoms with Gasteiger partial charge in [0.2, 0.25) is 0 Å². The maximum atomic E-state index is 6.14. The van der Waals surface area contributed by atoms with Crippen LogP contribution in [0.1, 0.15) is 17.5 Å². The second-order valence-corrected chi connectivity index (χ2v) is 4.86. The molecule has 1 aromatic carbocycles. The molecular weight excluding hydrogens is 244 g/mol. The van der Waals surface area contributed by atoms with Crippen molar-refractivity contribution in [2.24, 2.45) is 5.73 Å². The second-order valence-electron chi connectivity index (χ2n) is 4.46. The second kappa shape index (κ2) is 6.53. The zero-order valence-electron chi connectivity index (χ0n) is 10.2. The summed E-state index contributed by atoms with van der Waals surface area (Å²) in [6.45, 7) is 0. The van der Waals surface area contributed by atoms with Crippen LogP contribution in [0.2, 0.25) is 5.02 Å². The summed E-state index contributed by atoms with van der Waals surface area (Å²) in [6.07, 6.45) is 6.19. The summed E-state index contributed by atoms with van der Waals surface area (Å²) in [4.78, 5) is 3.97. The molecule has 0 radical (unpaired) electrons. The fourth-order valence-electron chi connectivity index (χ4n) is 1.95. The minimum atomic E-state index is 0.130. The summed E-state index contributed by atoms with van der Waals surface area (Å²) in [5.41, 5.74) is 8.55. The van der Waals surface area contributed by atoms with E-state index in [0.717, 1.165) is 24.8 Å². The molecule has 2 aromatic rings. The van der Waals surface area contributed by atoms with Crippen LogP contribution in [0.5, 0.6) is 0 Å². The number of hydrogen-bond acceptors (Lipinski definition) is 2. The largest absolute Gasteiger partial charge is 0.327 e. The van der Waals surface area contributed by atoms with Gasteiger partial charge in [0.25, 0.3) is 0 Å². The van der Waals surface area contributed by atoms with Gasteiger partial charge in [0.05, 0.1) is 5.02 Å². The van der Waals surface area contributed by atoms with Gasteiger partial charge in [-0.25, -0.2) is 0 Å². The number of nitrogens with two attached hydrogens (primary N) is 1. The van der Waals surface area contributed by atoms with E-state index in [2.05, 4.69) is 29.2 Å². The standard InChI is InChI=1S/C15H17ClN2/c16-15-11-18-9-8-13(15)10-14(17)7-6-12-4-2-1-3-5-12/h1-5,8-9,11,14H,6-7,10,17H2. The van der Waals surface area contributed by atoms with Gasteiger partial charge in [-0.05, 0) is 36.5 Å². The predicted octanol–water partition coefficient (Wildman–Crippen LogP) is 3.24. The molecule has 2 nitrogen and oxygen atoms in total. The number of aromatic nitrogens is 1. The topological polar surface area (TPSA) is 38.9 Å². The Kier molecular flexibility index (Phi) is 4.73. The van der Waals surface area contributed by atoms with Gasteiger partial charge in [0.15, 0.2) is 0 Å². The first-order valence-electron chi connectivity index (χ1n) is 6.13. The Morgan fingerprint density at radius 2 is 1.94 bits per heavy atom. The highest BCUT2D eigenvalue weighted by molar-refractivity contribution is 6.31. The van der Waals surface area contributed by atoms with Gasteiger partial charge in [-0.1, -0.05) is 41.9 Å². The first-order valence-corrected chi connectivity index (χ1v) is 6.51. The van der Waals surface area contributed by atoms with Crippen LogP contribution >= 0.6 is 11.6 Å². The molecule has 0 aliphatic carbocycles. The number of nitrogens with zero attached hydrogens (tertiary/aromatic N) is 1. The van der Waals surface area contributed by atoms with Crippen molar-refractivity contribution >= 4 is 11.6 Å². The SMILES string of the molecule is NC(CCc1ccccc1)Cc1ccncc1Cl. The summed E-state index contributed by atoms with van der Waals surface area (Å²) < 4.78 is 0. The van der Waals surface area contributed by atoms with Gasteiger partial charge < -0.3 is 5.73 Å². The number of benzene rings is 1. The Hall–Kier alpha value is -1.38. The number of pyridine rings is 1. The van der Waals surface area contributed by atoms with E-state index in [4.69, 9.17) is 17.3 Å². The lowest BCUT2D eigenvalue weighted by Gasteiger charge is -2.12. The number of aryl methyl sites for hydroxylation is 1. The smallest absolute Gasteiger partial charge is 0.0621 e. The summed E-state index contributed by atoms with van der Waals surface area (Å²) in [7, 11) is 0. The van der Waals surface area contributed by atoms with Crippen molar-refractivity contribution in [3.63, 3.8) is 0 Å². The van der Waals surface area contributed by atoms with Crippen LogP contribution in [0.25, 0.3) is 0 Å². The lowest BCUT2D eigenvalue weighted by atomic mass is 10.0. The van der Waals surface area contributed by atoms with Crippen molar-refractivity contribution in [2.45, 2.75) is 25.3 Å². The molecule has 0 saturated heterocycles. The van der Waals surface area contributed by atoms with Gasteiger partial charge >= 0.3 is 0 Å². The van der Waals surface area contributed by atoms with Crippen molar-refractivity contribution in [3.05, 3.63) is 64.9 Å². The first kappa shape index (κ1) is 13.1. The number of hydrogen-bond donors (Lipinski definition) is 1. The van der Waals surface area contributed by atoms with Crippen LogP contribution in [-0.4, -0.2) is 11.0 Å². The van der Waals surface area contributed by atoms with Crippen molar-refractivity contribution < 1.29 is 0 Å². The third-order valence-electron chi connectivity index (χ3n) is 2.99. The first-order chi connectivity index (χ1) is 8.75. The molecule has 3 heteroatoms. The molecule has 94 valence electrons. The molecule has 1 heterocycles. The highest BCUT2D eigenvalue weighted by Crippen LogP contribution is 2.16. The van der Waals surface area contributed by atoms with E-state index in [9.17, 15) is 0 Å². The zero-order valence-corrected chi connectivity index (χ0v) is 11.0. The van der Waals surface area contributed by atoms with Gasteiger partial charge in [-0.2, -0.15) is 0 Å². The van der Waals surface area contributed by atoms with Gasteiger partial charge in [-0.15, -0.1) is 0 Å². The highest BCUT2D eigenvalue weighted by Gasteiger charge is 2.07. The molecule has 2 N–H and O–H groups in total. The predicted molar refractivity (Wildman–Crippen MR) is 75.7 cm³/mol. The van der Waals surface area contributed by atoms with Crippen LogP contribution in [0.15, 0.2) is 48.8 Å². The van der Waals surface area contributed by atoms with E-state index >= 15 is 0 Å².